The zero-order valence-electron chi connectivity index (χ0n) is 11.0. The van der Waals surface area contributed by atoms with Gasteiger partial charge in [-0.05, 0) is 37.6 Å². The average Bonchev–Trinajstić information content (AvgIpc) is 2.72. The molecule has 0 bridgehead atoms. The van der Waals surface area contributed by atoms with E-state index >= 15 is 0 Å². The first kappa shape index (κ1) is 13.7. The first-order valence-electron chi connectivity index (χ1n) is 6.25. The summed E-state index contributed by atoms with van der Waals surface area (Å²) in [6.07, 6.45) is 3.25. The van der Waals surface area contributed by atoms with Crippen LogP contribution in [0.15, 0.2) is 11.7 Å². The van der Waals surface area contributed by atoms with Gasteiger partial charge in [0.1, 0.15) is 12.1 Å². The molecule has 0 saturated heterocycles. The SMILES string of the molecule is Cc1csc2c(NC(C)CCCC(=O)O)ncnc12. The van der Waals surface area contributed by atoms with E-state index in [4.69, 9.17) is 5.11 Å². The number of aliphatic carboxylic acids is 1. The Labute approximate surface area is 115 Å². The van der Waals surface area contributed by atoms with E-state index in [1.807, 2.05) is 13.8 Å². The molecule has 0 saturated carbocycles. The van der Waals surface area contributed by atoms with Gasteiger partial charge in [-0.2, -0.15) is 0 Å². The summed E-state index contributed by atoms with van der Waals surface area (Å²) in [7, 11) is 0. The van der Waals surface area contributed by atoms with Crippen LogP contribution in [-0.2, 0) is 4.79 Å². The molecule has 5 nitrogen and oxygen atoms in total. The Morgan fingerprint density at radius 1 is 1.53 bits per heavy atom. The smallest absolute Gasteiger partial charge is 0.303 e. The lowest BCUT2D eigenvalue weighted by molar-refractivity contribution is -0.137. The predicted molar refractivity (Wildman–Crippen MR) is 76.7 cm³/mol. The number of aryl methyl sites for hydroxylation is 1. The zero-order chi connectivity index (χ0) is 13.8. The van der Waals surface area contributed by atoms with Crippen LogP contribution in [0.4, 0.5) is 5.82 Å². The normalized spacial score (nSPS) is 12.5. The Hall–Kier alpha value is -1.69. The van der Waals surface area contributed by atoms with E-state index in [9.17, 15) is 4.79 Å². The van der Waals surface area contributed by atoms with Gasteiger partial charge in [-0.3, -0.25) is 4.79 Å². The van der Waals surface area contributed by atoms with E-state index in [0.717, 1.165) is 28.0 Å². The number of carbonyl (C=O) groups is 1. The van der Waals surface area contributed by atoms with E-state index < -0.39 is 5.97 Å². The van der Waals surface area contributed by atoms with E-state index in [1.165, 1.54) is 0 Å². The van der Waals surface area contributed by atoms with Gasteiger partial charge in [0.25, 0.3) is 0 Å². The summed E-state index contributed by atoms with van der Waals surface area (Å²) in [6.45, 7) is 4.07. The number of nitrogens with zero attached hydrogens (tertiary/aromatic N) is 2. The molecule has 0 fully saturated rings. The van der Waals surface area contributed by atoms with Crippen molar-refractivity contribution in [3.8, 4) is 0 Å². The van der Waals surface area contributed by atoms with Crippen molar-refractivity contribution in [3.05, 3.63) is 17.3 Å². The van der Waals surface area contributed by atoms with Crippen LogP contribution in [0, 0.1) is 6.92 Å². The van der Waals surface area contributed by atoms with Gasteiger partial charge >= 0.3 is 5.97 Å². The maximum atomic E-state index is 10.5. The maximum absolute atomic E-state index is 10.5. The topological polar surface area (TPSA) is 75.1 Å². The van der Waals surface area contributed by atoms with Crippen LogP contribution in [0.1, 0.15) is 31.7 Å². The molecule has 2 heterocycles. The molecule has 0 amide bonds. The summed E-state index contributed by atoms with van der Waals surface area (Å²) < 4.78 is 1.06. The fraction of sp³-hybridized carbons (Fsp3) is 0.462. The summed E-state index contributed by atoms with van der Waals surface area (Å²) >= 11 is 1.63. The van der Waals surface area contributed by atoms with Gasteiger partial charge in [0.05, 0.1) is 10.2 Å². The zero-order valence-corrected chi connectivity index (χ0v) is 11.8. The molecule has 1 unspecified atom stereocenters. The number of fused-ring (bicyclic) bond motifs is 1. The van der Waals surface area contributed by atoms with E-state index in [-0.39, 0.29) is 12.5 Å². The van der Waals surface area contributed by atoms with E-state index in [1.54, 1.807) is 17.7 Å². The largest absolute Gasteiger partial charge is 0.481 e. The third-order valence-corrected chi connectivity index (χ3v) is 4.04. The quantitative estimate of drug-likeness (QED) is 0.850. The minimum atomic E-state index is -0.745. The molecule has 6 heteroatoms. The lowest BCUT2D eigenvalue weighted by atomic mass is 10.1. The van der Waals surface area contributed by atoms with Crippen LogP contribution in [0.2, 0.25) is 0 Å². The van der Waals surface area contributed by atoms with Gasteiger partial charge < -0.3 is 10.4 Å². The third-order valence-electron chi connectivity index (χ3n) is 2.94. The molecule has 2 aromatic heterocycles. The highest BCUT2D eigenvalue weighted by molar-refractivity contribution is 7.18. The maximum Gasteiger partial charge on any atom is 0.303 e. The highest BCUT2D eigenvalue weighted by Gasteiger charge is 2.10. The van der Waals surface area contributed by atoms with E-state index in [0.29, 0.717) is 6.42 Å². The lowest BCUT2D eigenvalue weighted by Gasteiger charge is -2.14. The minimum Gasteiger partial charge on any atom is -0.481 e. The first-order valence-corrected chi connectivity index (χ1v) is 7.13. The summed E-state index contributed by atoms with van der Waals surface area (Å²) in [5.74, 6) is 0.0939. The number of carboxylic acids is 1. The van der Waals surface area contributed by atoms with Crippen LogP contribution in [0.5, 0.6) is 0 Å². The molecule has 0 radical (unpaired) electrons. The van der Waals surface area contributed by atoms with Crippen LogP contribution >= 0.6 is 11.3 Å². The number of aromatic nitrogens is 2. The minimum absolute atomic E-state index is 0.194. The number of anilines is 1. The molecule has 0 aromatic carbocycles. The van der Waals surface area contributed by atoms with Crippen molar-refractivity contribution < 1.29 is 9.90 Å². The molecule has 1 atom stereocenters. The van der Waals surface area contributed by atoms with Crippen LogP contribution < -0.4 is 5.32 Å². The van der Waals surface area contributed by atoms with Crippen LogP contribution in [0.25, 0.3) is 10.2 Å². The van der Waals surface area contributed by atoms with Crippen LogP contribution in [-0.4, -0.2) is 27.1 Å². The fourth-order valence-corrected chi connectivity index (χ4v) is 2.89. The molecule has 0 spiro atoms. The Balaban J connectivity index is 2.02. The highest BCUT2D eigenvalue weighted by atomic mass is 32.1. The van der Waals surface area contributed by atoms with E-state index in [2.05, 4.69) is 20.7 Å². The standard InChI is InChI=1S/C13H17N3O2S/c1-8-6-19-12-11(8)14-7-15-13(12)16-9(2)4-3-5-10(17)18/h6-7,9H,3-5H2,1-2H3,(H,17,18)(H,14,15,16). The number of carboxylic acid groups (broad SMARTS) is 1. The van der Waals surface area contributed by atoms with Crippen molar-refractivity contribution in [1.29, 1.82) is 0 Å². The molecule has 2 aromatic rings. The number of hydrogen-bond donors (Lipinski definition) is 2. The second-order valence-corrected chi connectivity index (χ2v) is 5.53. The Bertz CT molecular complexity index is 582. The second-order valence-electron chi connectivity index (χ2n) is 4.65. The van der Waals surface area contributed by atoms with Crippen LogP contribution in [0.3, 0.4) is 0 Å². The van der Waals surface area contributed by atoms with Gasteiger partial charge in [-0.15, -0.1) is 11.3 Å². The Kier molecular flexibility index (Phi) is 4.31. The number of hydrogen-bond acceptors (Lipinski definition) is 5. The van der Waals surface area contributed by atoms with Crippen molar-refractivity contribution in [2.75, 3.05) is 5.32 Å². The Morgan fingerprint density at radius 2 is 2.32 bits per heavy atom. The summed E-state index contributed by atoms with van der Waals surface area (Å²) in [5.41, 5.74) is 2.14. The third kappa shape index (κ3) is 3.41. The fourth-order valence-electron chi connectivity index (χ4n) is 1.94. The molecular weight excluding hydrogens is 262 g/mol. The monoisotopic (exact) mass is 279 g/mol. The number of nitrogens with one attached hydrogen (secondary N) is 1. The highest BCUT2D eigenvalue weighted by Crippen LogP contribution is 2.29. The number of rotatable bonds is 6. The predicted octanol–water partition coefficient (Wildman–Crippen LogP) is 3.06. The van der Waals surface area contributed by atoms with Gasteiger partial charge in [-0.25, -0.2) is 9.97 Å². The van der Waals surface area contributed by atoms with Crippen molar-refractivity contribution >= 4 is 33.3 Å². The molecule has 0 aliphatic rings. The summed E-state index contributed by atoms with van der Waals surface area (Å²) in [4.78, 5) is 19.0. The molecule has 2 rings (SSSR count). The first-order chi connectivity index (χ1) is 9.08. The number of thiophene rings is 1. The Morgan fingerprint density at radius 3 is 3.05 bits per heavy atom. The second kappa shape index (κ2) is 5.97. The van der Waals surface area contributed by atoms with Crippen molar-refractivity contribution in [2.45, 2.75) is 39.2 Å². The summed E-state index contributed by atoms with van der Waals surface area (Å²) in [6, 6.07) is 0.194. The molecular formula is C13H17N3O2S. The van der Waals surface area contributed by atoms with Gasteiger partial charge in [0, 0.05) is 12.5 Å². The van der Waals surface area contributed by atoms with Gasteiger partial charge in [0.15, 0.2) is 0 Å². The molecule has 0 aliphatic carbocycles. The van der Waals surface area contributed by atoms with Crippen molar-refractivity contribution in [1.82, 2.24) is 9.97 Å². The molecule has 102 valence electrons. The molecule has 2 N–H and O–H groups in total. The lowest BCUT2D eigenvalue weighted by Crippen LogP contribution is -2.16. The van der Waals surface area contributed by atoms with Crippen molar-refractivity contribution in [2.24, 2.45) is 0 Å². The molecule has 19 heavy (non-hydrogen) atoms. The van der Waals surface area contributed by atoms with Crippen molar-refractivity contribution in [3.63, 3.8) is 0 Å². The average molecular weight is 279 g/mol. The summed E-state index contributed by atoms with van der Waals surface area (Å²) in [5, 5.41) is 14.0. The molecule has 0 aliphatic heterocycles. The van der Waals surface area contributed by atoms with Gasteiger partial charge in [-0.1, -0.05) is 0 Å². The van der Waals surface area contributed by atoms with Gasteiger partial charge in [0.2, 0.25) is 0 Å².